The molecule has 0 bridgehead atoms. The van der Waals surface area contributed by atoms with Crippen LogP contribution in [0.5, 0.6) is 0 Å². The molecule has 0 N–H and O–H groups in total. The highest BCUT2D eigenvalue weighted by molar-refractivity contribution is 6.00. The van der Waals surface area contributed by atoms with E-state index >= 15 is 8.78 Å². The summed E-state index contributed by atoms with van der Waals surface area (Å²) in [5, 5.41) is 0.806. The van der Waals surface area contributed by atoms with Crippen LogP contribution in [-0.2, 0) is 4.79 Å². The van der Waals surface area contributed by atoms with E-state index in [2.05, 4.69) is 4.90 Å². The van der Waals surface area contributed by atoms with Crippen LogP contribution in [0.1, 0.15) is 42.6 Å². The van der Waals surface area contributed by atoms with E-state index in [0.29, 0.717) is 43.6 Å². The molecule has 6 nitrogen and oxygen atoms in total. The average Bonchev–Trinajstić information content (AvgIpc) is 3.62. The van der Waals surface area contributed by atoms with E-state index in [4.69, 9.17) is 0 Å². The van der Waals surface area contributed by atoms with Gasteiger partial charge in [-0.3, -0.25) is 14.5 Å². The fraction of sp³-hybridized carbons (Fsp3) is 0.467. The molecule has 2 saturated heterocycles. The zero-order chi connectivity index (χ0) is 27.1. The van der Waals surface area contributed by atoms with Crippen LogP contribution in [0.4, 0.5) is 13.2 Å². The fourth-order valence-electron chi connectivity index (χ4n) is 6.49. The quantitative estimate of drug-likeness (QED) is 0.472. The number of fused-ring (bicyclic) bond motifs is 1. The average molecular weight is 539 g/mol. The number of aromatic nitrogens is 1. The highest BCUT2D eigenvalue weighted by Crippen LogP contribution is 2.36. The summed E-state index contributed by atoms with van der Waals surface area (Å²) in [4.78, 5) is 32.6. The summed E-state index contributed by atoms with van der Waals surface area (Å²) in [7, 11) is 0. The van der Waals surface area contributed by atoms with Gasteiger partial charge in [-0.15, -0.1) is 0 Å². The Balaban J connectivity index is 1.23. The van der Waals surface area contributed by atoms with E-state index in [-0.39, 0.29) is 13.1 Å². The van der Waals surface area contributed by atoms with Crippen molar-refractivity contribution in [2.75, 3.05) is 39.3 Å². The smallest absolute Gasteiger partial charge is 0.270 e. The van der Waals surface area contributed by atoms with Crippen LogP contribution in [0.2, 0.25) is 0 Å². The van der Waals surface area contributed by atoms with Crippen LogP contribution in [0.3, 0.4) is 0 Å². The molecule has 6 rings (SSSR count). The minimum absolute atomic E-state index is 0.143. The number of alkyl halides is 2. The number of amides is 2. The van der Waals surface area contributed by atoms with Crippen molar-refractivity contribution in [3.63, 3.8) is 0 Å². The number of rotatable bonds is 4. The molecule has 1 aliphatic carbocycles. The highest BCUT2D eigenvalue weighted by atomic mass is 19.3. The van der Waals surface area contributed by atoms with Crippen molar-refractivity contribution in [2.24, 2.45) is 5.92 Å². The van der Waals surface area contributed by atoms with Crippen molar-refractivity contribution >= 4 is 22.7 Å². The molecule has 1 saturated carbocycles. The summed E-state index contributed by atoms with van der Waals surface area (Å²) in [6.07, 6.45) is 4.22. The lowest BCUT2D eigenvalue weighted by molar-refractivity contribution is -0.160. The van der Waals surface area contributed by atoms with E-state index in [1.54, 1.807) is 27.7 Å². The number of hydrogen-bond donors (Lipinski definition) is 0. The first-order valence-electron chi connectivity index (χ1n) is 13.9. The molecule has 1 unspecified atom stereocenters. The van der Waals surface area contributed by atoms with Gasteiger partial charge in [0, 0.05) is 62.8 Å². The van der Waals surface area contributed by atoms with Gasteiger partial charge >= 0.3 is 0 Å². The van der Waals surface area contributed by atoms with Gasteiger partial charge in [0.15, 0.2) is 0 Å². The molecule has 2 aliphatic heterocycles. The molecule has 2 amide bonds. The summed E-state index contributed by atoms with van der Waals surface area (Å²) >= 11 is 0. The van der Waals surface area contributed by atoms with Gasteiger partial charge in [-0.1, -0.05) is 31.0 Å². The Kier molecular flexibility index (Phi) is 6.87. The third-order valence-corrected chi connectivity index (χ3v) is 8.69. The molecule has 39 heavy (non-hydrogen) atoms. The normalized spacial score (nSPS) is 22.5. The molecular formula is C30H33F3N4O2. The van der Waals surface area contributed by atoms with Gasteiger partial charge < -0.3 is 14.4 Å². The van der Waals surface area contributed by atoms with Crippen molar-refractivity contribution < 1.29 is 22.8 Å². The molecule has 9 heteroatoms. The SMILES string of the molecule is O=C(c1cc2ccccc2n1-c1ccc(F)cc1)N1CCC(F)(F)C(C(=O)N2CCN(C3CCCC3)CC2)C1. The van der Waals surface area contributed by atoms with E-state index in [0.717, 1.165) is 10.9 Å². The van der Waals surface area contributed by atoms with Gasteiger partial charge in [-0.2, -0.15) is 0 Å². The number of piperazine rings is 1. The van der Waals surface area contributed by atoms with Crippen LogP contribution in [0.15, 0.2) is 54.6 Å². The molecular weight excluding hydrogens is 505 g/mol. The number of likely N-dealkylation sites (tertiary alicyclic amines) is 1. The van der Waals surface area contributed by atoms with Crippen LogP contribution < -0.4 is 0 Å². The summed E-state index contributed by atoms with van der Waals surface area (Å²) in [5.74, 6) is -6.14. The molecule has 2 aromatic carbocycles. The van der Waals surface area contributed by atoms with Crippen molar-refractivity contribution in [3.8, 4) is 5.69 Å². The first kappa shape index (κ1) is 25.9. The van der Waals surface area contributed by atoms with Crippen LogP contribution in [0.25, 0.3) is 16.6 Å². The maximum Gasteiger partial charge on any atom is 0.270 e. The molecule has 0 spiro atoms. The van der Waals surface area contributed by atoms with Crippen molar-refractivity contribution in [2.45, 2.75) is 44.1 Å². The Morgan fingerprint density at radius 3 is 2.26 bits per heavy atom. The third kappa shape index (κ3) is 4.93. The second kappa shape index (κ2) is 10.3. The van der Waals surface area contributed by atoms with Gasteiger partial charge in [0.25, 0.3) is 11.8 Å². The highest BCUT2D eigenvalue weighted by Gasteiger charge is 2.51. The van der Waals surface area contributed by atoms with Gasteiger partial charge in [0.1, 0.15) is 17.4 Å². The number of carbonyl (C=O) groups is 2. The summed E-state index contributed by atoms with van der Waals surface area (Å²) in [5.41, 5.74) is 1.64. The number of halogens is 3. The molecule has 1 aromatic heterocycles. The topological polar surface area (TPSA) is 48.8 Å². The Morgan fingerprint density at radius 2 is 1.54 bits per heavy atom. The maximum atomic E-state index is 15.1. The number of carbonyl (C=O) groups excluding carboxylic acids is 2. The Morgan fingerprint density at radius 1 is 0.846 bits per heavy atom. The lowest BCUT2D eigenvalue weighted by Gasteiger charge is -2.43. The van der Waals surface area contributed by atoms with E-state index in [1.807, 2.05) is 24.3 Å². The summed E-state index contributed by atoms with van der Waals surface area (Å²) in [6.45, 7) is 1.81. The molecule has 3 aliphatic rings. The van der Waals surface area contributed by atoms with Gasteiger partial charge in [0.05, 0.1) is 5.52 Å². The standard InChI is InChI=1S/C30H33F3N4O2/c31-22-9-11-24(12-10-22)37-26-8-4-1-5-21(26)19-27(37)29(39)36-14-13-30(32,33)25(20-36)28(38)35-17-15-34(16-18-35)23-6-2-3-7-23/h1,4-5,8-12,19,23,25H,2-3,6-7,13-18,20H2. The fourth-order valence-corrected chi connectivity index (χ4v) is 6.49. The van der Waals surface area contributed by atoms with E-state index < -0.39 is 35.9 Å². The molecule has 0 radical (unpaired) electrons. The Labute approximate surface area is 226 Å². The maximum absolute atomic E-state index is 15.1. The zero-order valence-corrected chi connectivity index (χ0v) is 21.9. The molecule has 206 valence electrons. The lowest BCUT2D eigenvalue weighted by Crippen LogP contribution is -2.59. The van der Waals surface area contributed by atoms with E-state index in [9.17, 15) is 14.0 Å². The summed E-state index contributed by atoms with van der Waals surface area (Å²) < 4.78 is 45.7. The number of benzene rings is 2. The van der Waals surface area contributed by atoms with E-state index in [1.165, 1.54) is 42.7 Å². The third-order valence-electron chi connectivity index (χ3n) is 8.69. The molecule has 3 fully saturated rings. The Bertz CT molecular complexity index is 1360. The molecule has 1 atom stereocenters. The van der Waals surface area contributed by atoms with Gasteiger partial charge in [0.2, 0.25) is 5.91 Å². The Hall–Kier alpha value is -3.33. The van der Waals surface area contributed by atoms with Crippen LogP contribution >= 0.6 is 0 Å². The number of piperidine rings is 1. The predicted octanol–water partition coefficient (Wildman–Crippen LogP) is 4.95. The first-order chi connectivity index (χ1) is 18.8. The summed E-state index contributed by atoms with van der Waals surface area (Å²) in [6, 6.07) is 15.5. The van der Waals surface area contributed by atoms with Gasteiger partial charge in [-0.05, 0) is 49.2 Å². The number of hydrogen-bond acceptors (Lipinski definition) is 3. The minimum Gasteiger partial charge on any atom is -0.340 e. The van der Waals surface area contributed by atoms with Crippen LogP contribution in [-0.4, -0.2) is 82.3 Å². The van der Waals surface area contributed by atoms with Crippen LogP contribution in [0, 0.1) is 11.7 Å². The lowest BCUT2D eigenvalue weighted by atomic mass is 9.91. The van der Waals surface area contributed by atoms with Crippen molar-refractivity contribution in [3.05, 3.63) is 66.1 Å². The molecule has 3 heterocycles. The van der Waals surface area contributed by atoms with Gasteiger partial charge in [-0.25, -0.2) is 13.2 Å². The monoisotopic (exact) mass is 538 g/mol. The minimum atomic E-state index is -3.18. The second-order valence-electron chi connectivity index (χ2n) is 11.0. The zero-order valence-electron chi connectivity index (χ0n) is 21.9. The largest absolute Gasteiger partial charge is 0.340 e. The predicted molar refractivity (Wildman–Crippen MR) is 143 cm³/mol. The molecule has 3 aromatic rings. The number of nitrogens with zero attached hydrogens (tertiary/aromatic N) is 4. The second-order valence-corrected chi connectivity index (χ2v) is 11.0. The van der Waals surface area contributed by atoms with Crippen molar-refractivity contribution in [1.29, 1.82) is 0 Å². The number of para-hydroxylation sites is 1. The van der Waals surface area contributed by atoms with Crippen molar-refractivity contribution in [1.82, 2.24) is 19.3 Å². The first-order valence-corrected chi connectivity index (χ1v) is 13.9.